The van der Waals surface area contributed by atoms with Gasteiger partial charge < -0.3 is 5.32 Å². The number of carbonyl (C=O) groups excluding carboxylic acids is 3. The average molecular weight is 425 g/mol. The number of anilines is 1. The first kappa shape index (κ1) is 21.0. The fourth-order valence-corrected chi connectivity index (χ4v) is 4.25. The molecule has 1 aliphatic heterocycles. The average Bonchev–Trinajstić information content (AvgIpc) is 3.50. The van der Waals surface area contributed by atoms with E-state index >= 15 is 0 Å². The van der Waals surface area contributed by atoms with Crippen LogP contribution in [0.4, 0.5) is 10.7 Å². The maximum Gasteiger partial charge on any atom is 0.325 e. The minimum atomic E-state index is -0.698. The van der Waals surface area contributed by atoms with Crippen molar-refractivity contribution in [3.63, 3.8) is 0 Å². The van der Waals surface area contributed by atoms with E-state index in [1.165, 1.54) is 30.6 Å². The molecule has 0 spiro atoms. The van der Waals surface area contributed by atoms with E-state index in [9.17, 15) is 14.4 Å². The molecule has 1 aliphatic carbocycles. The third-order valence-corrected chi connectivity index (χ3v) is 6.00. The molecule has 2 fully saturated rings. The van der Waals surface area contributed by atoms with Crippen LogP contribution in [0.2, 0.25) is 0 Å². The van der Waals surface area contributed by atoms with Crippen molar-refractivity contribution < 1.29 is 14.4 Å². The highest BCUT2D eigenvalue weighted by molar-refractivity contribution is 6.04. The second kappa shape index (κ2) is 9.72. The summed E-state index contributed by atoms with van der Waals surface area (Å²) in [4.78, 5) is 42.5. The maximum atomic E-state index is 12.6. The zero-order valence-corrected chi connectivity index (χ0v) is 17.5. The van der Waals surface area contributed by atoms with Gasteiger partial charge in [0.15, 0.2) is 0 Å². The summed E-state index contributed by atoms with van der Waals surface area (Å²) in [6.45, 7) is 0.217. The van der Waals surface area contributed by atoms with Crippen molar-refractivity contribution in [2.75, 3.05) is 5.32 Å². The van der Waals surface area contributed by atoms with E-state index in [1.54, 1.807) is 0 Å². The summed E-state index contributed by atoms with van der Waals surface area (Å²) in [5.41, 5.74) is 0.873. The van der Waals surface area contributed by atoms with Gasteiger partial charge in [0.2, 0.25) is 11.9 Å². The standard InChI is InChI=1S/C22H28N6O3/c29-19(25-21-24-18(26-27-21)12-10-15-6-4-5-7-15)13-11-17-20(30)28(22(31)23-17)14-16-8-2-1-3-9-16/h1-3,8-9,15,17H,4-7,10-14H2,(H,23,31)(H2,24,25,26,27,29)/t17-/m0/s1. The van der Waals surface area contributed by atoms with Crippen molar-refractivity contribution in [1.82, 2.24) is 25.4 Å². The zero-order valence-electron chi connectivity index (χ0n) is 17.5. The molecular weight excluding hydrogens is 396 g/mol. The van der Waals surface area contributed by atoms with Crippen LogP contribution < -0.4 is 10.6 Å². The number of H-pyrrole nitrogens is 1. The molecule has 1 saturated carbocycles. The van der Waals surface area contributed by atoms with Crippen LogP contribution in [0.25, 0.3) is 0 Å². The highest BCUT2D eigenvalue weighted by Gasteiger charge is 2.37. The Labute approximate surface area is 181 Å². The fraction of sp³-hybridized carbons (Fsp3) is 0.500. The normalized spacial score (nSPS) is 19.1. The van der Waals surface area contributed by atoms with E-state index in [1.807, 2.05) is 30.3 Å². The molecule has 2 heterocycles. The van der Waals surface area contributed by atoms with Crippen LogP contribution in [-0.2, 0) is 22.6 Å². The minimum absolute atomic E-state index is 0.0851. The molecule has 2 aromatic rings. The van der Waals surface area contributed by atoms with Gasteiger partial charge in [-0.2, -0.15) is 4.98 Å². The van der Waals surface area contributed by atoms with E-state index in [0.717, 1.165) is 30.1 Å². The molecule has 31 heavy (non-hydrogen) atoms. The lowest BCUT2D eigenvalue weighted by molar-refractivity contribution is -0.128. The lowest BCUT2D eigenvalue weighted by Crippen LogP contribution is -2.31. The monoisotopic (exact) mass is 424 g/mol. The molecule has 2 aliphatic rings. The van der Waals surface area contributed by atoms with Gasteiger partial charge in [0, 0.05) is 12.8 Å². The van der Waals surface area contributed by atoms with Gasteiger partial charge in [-0.3, -0.25) is 24.9 Å². The van der Waals surface area contributed by atoms with E-state index in [4.69, 9.17) is 0 Å². The number of nitrogens with one attached hydrogen (secondary N) is 3. The smallest absolute Gasteiger partial charge is 0.325 e. The molecular formula is C22H28N6O3. The SMILES string of the molecule is O=C(CC[C@@H]1NC(=O)N(Cc2ccccc2)C1=O)Nc1n[nH]c(CCC2CCCC2)n1. The van der Waals surface area contributed by atoms with Crippen molar-refractivity contribution in [2.24, 2.45) is 5.92 Å². The summed E-state index contributed by atoms with van der Waals surface area (Å²) < 4.78 is 0. The Morgan fingerprint density at radius 1 is 1.13 bits per heavy atom. The number of rotatable bonds is 9. The number of hydrogen-bond donors (Lipinski definition) is 3. The van der Waals surface area contributed by atoms with E-state index in [-0.39, 0.29) is 37.1 Å². The molecule has 3 N–H and O–H groups in total. The van der Waals surface area contributed by atoms with Gasteiger partial charge in [-0.05, 0) is 24.3 Å². The largest absolute Gasteiger partial charge is 0.326 e. The molecule has 164 valence electrons. The Morgan fingerprint density at radius 2 is 1.90 bits per heavy atom. The zero-order chi connectivity index (χ0) is 21.6. The topological polar surface area (TPSA) is 120 Å². The highest BCUT2D eigenvalue weighted by Crippen LogP contribution is 2.28. The first-order valence-corrected chi connectivity index (χ1v) is 11.0. The summed E-state index contributed by atoms with van der Waals surface area (Å²) in [6.07, 6.45) is 7.43. The number of nitrogens with zero attached hydrogens (tertiary/aromatic N) is 3. The van der Waals surface area contributed by atoms with Crippen LogP contribution in [0.1, 0.15) is 56.3 Å². The number of aromatic nitrogens is 3. The summed E-state index contributed by atoms with van der Waals surface area (Å²) in [5, 5.41) is 12.3. The Balaban J connectivity index is 1.21. The number of benzene rings is 1. The van der Waals surface area contributed by atoms with Gasteiger partial charge in [0.1, 0.15) is 11.9 Å². The second-order valence-corrected chi connectivity index (χ2v) is 8.29. The Bertz CT molecular complexity index is 922. The Hall–Kier alpha value is -3.23. The van der Waals surface area contributed by atoms with Gasteiger partial charge in [0.25, 0.3) is 5.91 Å². The lowest BCUT2D eigenvalue weighted by atomic mass is 10.0. The van der Waals surface area contributed by atoms with Crippen LogP contribution in [-0.4, -0.2) is 44.0 Å². The fourth-order valence-electron chi connectivity index (χ4n) is 4.25. The van der Waals surface area contributed by atoms with E-state index in [2.05, 4.69) is 25.8 Å². The van der Waals surface area contributed by atoms with Crippen molar-refractivity contribution in [1.29, 1.82) is 0 Å². The van der Waals surface area contributed by atoms with Gasteiger partial charge in [0.05, 0.1) is 6.54 Å². The number of hydrogen-bond acceptors (Lipinski definition) is 5. The van der Waals surface area contributed by atoms with Crippen LogP contribution in [0, 0.1) is 5.92 Å². The molecule has 0 bridgehead atoms. The number of amides is 4. The van der Waals surface area contributed by atoms with Crippen molar-refractivity contribution in [3.8, 4) is 0 Å². The summed E-state index contributed by atoms with van der Waals surface area (Å²) >= 11 is 0. The van der Waals surface area contributed by atoms with Crippen LogP contribution >= 0.6 is 0 Å². The molecule has 9 nitrogen and oxygen atoms in total. The molecule has 1 atom stereocenters. The predicted octanol–water partition coefficient (Wildman–Crippen LogP) is 2.77. The van der Waals surface area contributed by atoms with Gasteiger partial charge >= 0.3 is 6.03 Å². The molecule has 9 heteroatoms. The molecule has 4 amide bonds. The Morgan fingerprint density at radius 3 is 2.68 bits per heavy atom. The van der Waals surface area contributed by atoms with Crippen molar-refractivity contribution in [3.05, 3.63) is 41.7 Å². The molecule has 1 aromatic carbocycles. The van der Waals surface area contributed by atoms with Crippen LogP contribution in [0.15, 0.2) is 30.3 Å². The maximum absolute atomic E-state index is 12.6. The molecule has 0 radical (unpaired) electrons. The molecule has 4 rings (SSSR count). The summed E-state index contributed by atoms with van der Waals surface area (Å²) in [6, 6.07) is 8.19. The Kier molecular flexibility index (Phi) is 6.59. The van der Waals surface area contributed by atoms with Crippen molar-refractivity contribution >= 4 is 23.8 Å². The predicted molar refractivity (Wildman–Crippen MR) is 114 cm³/mol. The van der Waals surface area contributed by atoms with E-state index in [0.29, 0.717) is 0 Å². The second-order valence-electron chi connectivity index (χ2n) is 8.29. The third-order valence-electron chi connectivity index (χ3n) is 6.00. The molecule has 0 unspecified atom stereocenters. The number of urea groups is 1. The lowest BCUT2D eigenvalue weighted by Gasteiger charge is -2.12. The van der Waals surface area contributed by atoms with Gasteiger partial charge in [-0.25, -0.2) is 4.79 Å². The summed E-state index contributed by atoms with van der Waals surface area (Å²) in [5.74, 6) is 1.19. The minimum Gasteiger partial charge on any atom is -0.326 e. The number of aromatic amines is 1. The third kappa shape index (κ3) is 5.48. The van der Waals surface area contributed by atoms with Gasteiger partial charge in [-0.15, -0.1) is 5.10 Å². The molecule has 1 saturated heterocycles. The van der Waals surface area contributed by atoms with E-state index < -0.39 is 12.1 Å². The molecule has 1 aromatic heterocycles. The summed E-state index contributed by atoms with van der Waals surface area (Å²) in [7, 11) is 0. The van der Waals surface area contributed by atoms with Crippen molar-refractivity contribution in [2.45, 2.75) is 64.0 Å². The number of imide groups is 1. The first-order valence-electron chi connectivity index (χ1n) is 11.0. The highest BCUT2D eigenvalue weighted by atomic mass is 16.2. The quantitative estimate of drug-likeness (QED) is 0.535. The van der Waals surface area contributed by atoms with Crippen LogP contribution in [0.5, 0.6) is 0 Å². The number of aryl methyl sites for hydroxylation is 1. The first-order chi connectivity index (χ1) is 15.1. The van der Waals surface area contributed by atoms with Crippen LogP contribution in [0.3, 0.4) is 0 Å². The van der Waals surface area contributed by atoms with Gasteiger partial charge in [-0.1, -0.05) is 56.0 Å². The number of carbonyl (C=O) groups is 3.